The van der Waals surface area contributed by atoms with Gasteiger partial charge in [0.05, 0.1) is 0 Å². The molecule has 1 saturated heterocycles. The molecule has 1 heterocycles. The van der Waals surface area contributed by atoms with E-state index in [1.165, 1.54) is 89.9 Å². The highest BCUT2D eigenvalue weighted by molar-refractivity contribution is 8.00. The minimum Gasteiger partial charge on any atom is -0.155 e. The van der Waals surface area contributed by atoms with Gasteiger partial charge in [0, 0.05) is 10.5 Å². The molecular formula is C54H90P2S. The Morgan fingerprint density at radius 3 is 0.982 bits per heavy atom. The van der Waals surface area contributed by atoms with Gasteiger partial charge in [0.1, 0.15) is 0 Å². The van der Waals surface area contributed by atoms with Crippen LogP contribution < -0.4 is 0 Å². The summed E-state index contributed by atoms with van der Waals surface area (Å²) in [5, 5.41) is 1.92. The van der Waals surface area contributed by atoms with Gasteiger partial charge in [0.2, 0.25) is 0 Å². The maximum Gasteiger partial charge on any atom is 0.00842 e. The molecule has 322 valence electrons. The summed E-state index contributed by atoms with van der Waals surface area (Å²) in [7, 11) is 0.387. The Hall–Kier alpha value is 0.690. The Balaban J connectivity index is 0.869. The summed E-state index contributed by atoms with van der Waals surface area (Å²) in [5.41, 5.74) is 6.60. The van der Waals surface area contributed by atoms with E-state index in [9.17, 15) is 0 Å². The number of hydrogen-bond acceptors (Lipinski definition) is 1. The minimum absolute atomic E-state index is 0.193. The number of fused-ring (bicyclic) bond motifs is 3. The van der Waals surface area contributed by atoms with Gasteiger partial charge >= 0.3 is 0 Å². The Bertz CT molecular complexity index is 1140. The second-order valence-corrected chi connectivity index (χ2v) is 30.1. The SMILES string of the molecule is CC1CC2SC3CC(C)C(/C=C/C4CCCCC4P(C4CCCCC4)C4CCCCC4)CC3C2CC1/C=C/C1CCCCC1P(C1CCCCC1)C1CCCCC1. The molecule has 57 heavy (non-hydrogen) atoms. The van der Waals surface area contributed by atoms with Gasteiger partial charge in [-0.3, -0.25) is 0 Å². The van der Waals surface area contributed by atoms with E-state index in [1.54, 1.807) is 116 Å². The van der Waals surface area contributed by atoms with Crippen molar-refractivity contribution in [3.05, 3.63) is 24.3 Å². The molecule has 0 nitrogen and oxygen atoms in total. The summed E-state index contributed by atoms with van der Waals surface area (Å²) in [6.07, 6.45) is 61.3. The predicted octanol–water partition coefficient (Wildman–Crippen LogP) is 17.3. The standard InChI is InChI=1S/C54H90P2S/c1-39-35-53-49(37-43(39)33-31-41-19-15-17-29-51(41)55(45-21-7-3-8-22-45)46-23-9-4-10-24-46)50-38-44(40(2)36-54(50)57-53)34-32-42-20-16-18-30-52(42)56(47-25-11-5-12-26-47)48-27-13-6-14-28-48/h31-34,39-54H,3-30,35-38H2,1-2H3/b33-31+,34-32+. The van der Waals surface area contributed by atoms with E-state index in [0.29, 0.717) is 0 Å². The molecule has 0 N–H and O–H groups in total. The molecule has 8 aliphatic carbocycles. The molecule has 8 saturated carbocycles. The van der Waals surface area contributed by atoms with Gasteiger partial charge in [0.15, 0.2) is 0 Å². The summed E-state index contributed by atoms with van der Waals surface area (Å²) in [4.78, 5) is 0. The van der Waals surface area contributed by atoms with Crippen LogP contribution in [0, 0.1) is 47.3 Å². The molecule has 9 rings (SSSR count). The Morgan fingerprint density at radius 1 is 0.333 bits per heavy atom. The van der Waals surface area contributed by atoms with Gasteiger partial charge in [-0.15, -0.1) is 0 Å². The van der Waals surface area contributed by atoms with Crippen molar-refractivity contribution in [2.24, 2.45) is 47.3 Å². The maximum atomic E-state index is 2.94. The molecule has 12 unspecified atom stereocenters. The number of allylic oxidation sites excluding steroid dienone is 4. The first kappa shape index (κ1) is 43.0. The van der Waals surface area contributed by atoms with E-state index in [4.69, 9.17) is 0 Å². The van der Waals surface area contributed by atoms with Gasteiger partial charge in [-0.2, -0.15) is 11.8 Å². The molecule has 9 aliphatic rings. The summed E-state index contributed by atoms with van der Waals surface area (Å²) in [6, 6.07) is 0. The molecule has 0 aromatic carbocycles. The molecule has 3 heteroatoms. The lowest BCUT2D eigenvalue weighted by atomic mass is 9.63. The third kappa shape index (κ3) is 10.2. The van der Waals surface area contributed by atoms with Gasteiger partial charge in [-0.25, -0.2) is 0 Å². The maximum absolute atomic E-state index is 2.94. The predicted molar refractivity (Wildman–Crippen MR) is 257 cm³/mol. The smallest absolute Gasteiger partial charge is 0.00842 e. The van der Waals surface area contributed by atoms with E-state index < -0.39 is 0 Å². The molecule has 1 aliphatic heterocycles. The number of thioether (sulfide) groups is 1. The van der Waals surface area contributed by atoms with Gasteiger partial charge in [-0.05, 0) is 184 Å². The second-order valence-electron chi connectivity index (χ2n) is 22.6. The molecule has 9 fully saturated rings. The third-order valence-electron chi connectivity index (χ3n) is 19.1. The highest BCUT2D eigenvalue weighted by Crippen LogP contribution is 2.65. The lowest BCUT2D eigenvalue weighted by molar-refractivity contribution is 0.138. The average molecular weight is 833 g/mol. The Labute approximate surface area is 361 Å². The Morgan fingerprint density at radius 2 is 0.632 bits per heavy atom. The highest BCUT2D eigenvalue weighted by atomic mass is 32.2. The quantitative estimate of drug-likeness (QED) is 0.156. The molecule has 0 bridgehead atoms. The van der Waals surface area contributed by atoms with Crippen molar-refractivity contribution in [2.75, 3.05) is 0 Å². The van der Waals surface area contributed by atoms with Crippen molar-refractivity contribution in [1.82, 2.24) is 0 Å². The van der Waals surface area contributed by atoms with Crippen LogP contribution in [0.15, 0.2) is 24.3 Å². The molecule has 0 radical (unpaired) electrons. The zero-order valence-corrected chi connectivity index (χ0v) is 40.1. The lowest BCUT2D eigenvalue weighted by Crippen LogP contribution is -2.37. The summed E-state index contributed by atoms with van der Waals surface area (Å²) in [5.74, 6) is 7.27. The van der Waals surface area contributed by atoms with E-state index in [0.717, 1.165) is 91.8 Å². The fraction of sp³-hybridized carbons (Fsp3) is 0.926. The van der Waals surface area contributed by atoms with E-state index in [2.05, 4.69) is 49.9 Å². The zero-order valence-electron chi connectivity index (χ0n) is 37.5. The molecule has 12 atom stereocenters. The average Bonchev–Trinajstić information content (AvgIpc) is 3.59. The zero-order chi connectivity index (χ0) is 38.6. The number of hydrogen-bond donors (Lipinski definition) is 0. The molecule has 0 amide bonds. The Kier molecular flexibility index (Phi) is 15.8. The first-order valence-corrected chi connectivity index (χ1v) is 30.7. The van der Waals surface area contributed by atoms with Crippen molar-refractivity contribution in [1.29, 1.82) is 0 Å². The van der Waals surface area contributed by atoms with Crippen LogP contribution in [-0.2, 0) is 0 Å². The van der Waals surface area contributed by atoms with Crippen LogP contribution in [0.4, 0.5) is 0 Å². The van der Waals surface area contributed by atoms with Crippen molar-refractivity contribution in [3.63, 3.8) is 0 Å². The van der Waals surface area contributed by atoms with Crippen molar-refractivity contribution in [2.45, 2.75) is 264 Å². The van der Waals surface area contributed by atoms with Crippen LogP contribution in [0.5, 0.6) is 0 Å². The van der Waals surface area contributed by atoms with Crippen LogP contribution in [-0.4, -0.2) is 44.5 Å². The summed E-state index contributed by atoms with van der Waals surface area (Å²) < 4.78 is 0. The normalized spacial score (nSPS) is 42.6. The van der Waals surface area contributed by atoms with Crippen molar-refractivity contribution in [3.8, 4) is 0 Å². The fourth-order valence-electron chi connectivity index (χ4n) is 16.0. The lowest BCUT2D eigenvalue weighted by Gasteiger charge is -2.47. The van der Waals surface area contributed by atoms with Gasteiger partial charge in [-0.1, -0.05) is 157 Å². The largest absolute Gasteiger partial charge is 0.155 e. The van der Waals surface area contributed by atoms with Crippen LogP contribution in [0.1, 0.15) is 219 Å². The fourth-order valence-corrected chi connectivity index (χ4v) is 27.9. The van der Waals surface area contributed by atoms with E-state index in [1.807, 2.05) is 0 Å². The van der Waals surface area contributed by atoms with Crippen LogP contribution in [0.2, 0.25) is 0 Å². The summed E-state index contributed by atoms with van der Waals surface area (Å²) >= 11 is 2.51. The van der Waals surface area contributed by atoms with Crippen molar-refractivity contribution < 1.29 is 0 Å². The van der Waals surface area contributed by atoms with Crippen LogP contribution >= 0.6 is 27.6 Å². The monoisotopic (exact) mass is 833 g/mol. The second kappa shape index (κ2) is 20.9. The van der Waals surface area contributed by atoms with E-state index in [-0.39, 0.29) is 15.8 Å². The van der Waals surface area contributed by atoms with Crippen molar-refractivity contribution >= 4 is 27.6 Å². The van der Waals surface area contributed by atoms with Gasteiger partial charge in [0.25, 0.3) is 0 Å². The first-order chi connectivity index (χ1) is 28.1. The van der Waals surface area contributed by atoms with Crippen LogP contribution in [0.3, 0.4) is 0 Å². The van der Waals surface area contributed by atoms with Crippen LogP contribution in [0.25, 0.3) is 0 Å². The van der Waals surface area contributed by atoms with E-state index >= 15 is 0 Å². The first-order valence-electron chi connectivity index (χ1n) is 26.7. The van der Waals surface area contributed by atoms with Gasteiger partial charge < -0.3 is 0 Å². The minimum atomic E-state index is 0.193. The molecular weight excluding hydrogens is 743 g/mol. The molecule has 0 aromatic rings. The third-order valence-corrected chi connectivity index (χ3v) is 29.2. The number of rotatable bonds is 10. The highest BCUT2D eigenvalue weighted by Gasteiger charge is 2.51. The molecule has 0 spiro atoms. The topological polar surface area (TPSA) is 0 Å². The molecule has 0 aromatic heterocycles. The summed E-state index contributed by atoms with van der Waals surface area (Å²) in [6.45, 7) is 5.35.